The Kier molecular flexibility index (Phi) is 5.67. The Morgan fingerprint density at radius 1 is 1.22 bits per heavy atom. The number of hydrogen-bond donors (Lipinski definition) is 4. The van der Waals surface area contributed by atoms with Gasteiger partial charge in [-0.1, -0.05) is 12.1 Å². The maximum atomic E-state index is 12.2. The number of urea groups is 1. The molecule has 0 fully saturated rings. The van der Waals surface area contributed by atoms with E-state index in [1.54, 1.807) is 29.6 Å². The number of benzene rings is 1. The summed E-state index contributed by atoms with van der Waals surface area (Å²) in [7, 11) is 0. The van der Waals surface area contributed by atoms with Gasteiger partial charge in [0.1, 0.15) is 10.7 Å². The molecule has 0 atom stereocenters. The Labute approximate surface area is 138 Å². The molecule has 1 aromatic heterocycles. The van der Waals surface area contributed by atoms with Crippen LogP contribution in [0, 0.1) is 0 Å². The van der Waals surface area contributed by atoms with Gasteiger partial charge in [-0.25, -0.2) is 9.78 Å². The van der Waals surface area contributed by atoms with Crippen LogP contribution in [0.3, 0.4) is 0 Å². The van der Waals surface area contributed by atoms with Gasteiger partial charge in [0.2, 0.25) is 0 Å². The average Bonchev–Trinajstić information content (AvgIpc) is 2.97. The second-order valence-corrected chi connectivity index (χ2v) is 6.03. The van der Waals surface area contributed by atoms with Crippen molar-refractivity contribution in [3.8, 4) is 0 Å². The highest BCUT2D eigenvalue weighted by molar-refractivity contribution is 7.09. The number of carbonyl (C=O) groups excluding carboxylic acids is 2. The molecule has 0 aliphatic rings. The lowest BCUT2D eigenvalue weighted by Gasteiger charge is -2.13. The molecule has 122 valence electrons. The minimum absolute atomic E-state index is 0.0152. The fourth-order valence-electron chi connectivity index (χ4n) is 1.82. The summed E-state index contributed by atoms with van der Waals surface area (Å²) in [6.45, 7) is 4.03. The first-order valence-electron chi connectivity index (χ1n) is 7.12. The molecule has 7 nitrogen and oxygen atoms in total. The van der Waals surface area contributed by atoms with Gasteiger partial charge in [0.05, 0.1) is 11.4 Å². The first-order chi connectivity index (χ1) is 11.0. The number of thiazole rings is 1. The molecule has 0 spiro atoms. The van der Waals surface area contributed by atoms with Crippen molar-refractivity contribution in [3.05, 3.63) is 40.3 Å². The van der Waals surface area contributed by atoms with Crippen LogP contribution in [-0.4, -0.2) is 23.0 Å². The van der Waals surface area contributed by atoms with Crippen molar-refractivity contribution in [2.75, 3.05) is 10.6 Å². The van der Waals surface area contributed by atoms with Gasteiger partial charge in [-0.3, -0.25) is 4.79 Å². The fraction of sp³-hybridized carbons (Fsp3) is 0.267. The summed E-state index contributed by atoms with van der Waals surface area (Å²) in [5.74, 6) is -0.348. The fourth-order valence-corrected chi connectivity index (χ4v) is 2.47. The lowest BCUT2D eigenvalue weighted by molar-refractivity contribution is 0.102. The molecule has 0 radical (unpaired) electrons. The van der Waals surface area contributed by atoms with Crippen LogP contribution in [0.1, 0.15) is 29.3 Å². The van der Waals surface area contributed by atoms with E-state index in [1.807, 2.05) is 13.8 Å². The van der Waals surface area contributed by atoms with E-state index in [1.165, 1.54) is 11.3 Å². The normalized spacial score (nSPS) is 10.4. The predicted molar refractivity (Wildman–Crippen MR) is 91.7 cm³/mol. The van der Waals surface area contributed by atoms with Crippen molar-refractivity contribution in [2.45, 2.75) is 26.4 Å². The third kappa shape index (κ3) is 4.76. The van der Waals surface area contributed by atoms with Gasteiger partial charge in [0, 0.05) is 18.0 Å². The molecular formula is C15H19N5O2S. The summed E-state index contributed by atoms with van der Waals surface area (Å²) in [6, 6.07) is 6.65. The van der Waals surface area contributed by atoms with E-state index < -0.39 is 0 Å². The Morgan fingerprint density at radius 2 is 1.87 bits per heavy atom. The molecule has 1 heterocycles. The second kappa shape index (κ2) is 7.70. The van der Waals surface area contributed by atoms with Crippen molar-refractivity contribution < 1.29 is 9.59 Å². The van der Waals surface area contributed by atoms with Gasteiger partial charge >= 0.3 is 6.03 Å². The number of aromatic nitrogens is 1. The molecule has 2 rings (SSSR count). The number of amides is 3. The quantitative estimate of drug-likeness (QED) is 0.673. The highest BCUT2D eigenvalue weighted by atomic mass is 32.1. The van der Waals surface area contributed by atoms with Gasteiger partial charge in [-0.05, 0) is 26.0 Å². The standard InChI is InChI=1S/C15H19N5O2S/c1-9(2)17-15(22)20-11-6-4-3-5-10(11)19-14(21)12-8-23-13(7-16)18-12/h3-6,8-9H,7,16H2,1-2H3,(H,19,21)(H2,17,20,22). The number of nitrogens with one attached hydrogen (secondary N) is 3. The molecule has 0 saturated heterocycles. The number of nitrogens with zero attached hydrogens (tertiary/aromatic N) is 1. The maximum Gasteiger partial charge on any atom is 0.319 e. The van der Waals surface area contributed by atoms with Crippen LogP contribution in [0.15, 0.2) is 29.6 Å². The molecule has 1 aromatic carbocycles. The minimum Gasteiger partial charge on any atom is -0.336 e. The first-order valence-corrected chi connectivity index (χ1v) is 8.00. The Bertz CT molecular complexity index is 699. The molecule has 3 amide bonds. The molecule has 0 bridgehead atoms. The van der Waals surface area contributed by atoms with Crippen molar-refractivity contribution >= 4 is 34.6 Å². The zero-order chi connectivity index (χ0) is 16.8. The SMILES string of the molecule is CC(C)NC(=O)Nc1ccccc1NC(=O)c1csc(CN)n1. The van der Waals surface area contributed by atoms with E-state index in [4.69, 9.17) is 5.73 Å². The lowest BCUT2D eigenvalue weighted by Crippen LogP contribution is -2.34. The largest absolute Gasteiger partial charge is 0.336 e. The Hall–Kier alpha value is -2.45. The minimum atomic E-state index is -0.348. The Morgan fingerprint density at radius 3 is 2.43 bits per heavy atom. The van der Waals surface area contributed by atoms with Crippen molar-refractivity contribution in [2.24, 2.45) is 5.73 Å². The van der Waals surface area contributed by atoms with Gasteiger partial charge in [0.25, 0.3) is 5.91 Å². The van der Waals surface area contributed by atoms with Crippen LogP contribution < -0.4 is 21.7 Å². The number of carbonyl (C=O) groups is 2. The zero-order valence-electron chi connectivity index (χ0n) is 12.9. The third-order valence-electron chi connectivity index (χ3n) is 2.80. The number of para-hydroxylation sites is 2. The van der Waals surface area contributed by atoms with Crippen molar-refractivity contribution in [1.29, 1.82) is 0 Å². The van der Waals surface area contributed by atoms with Gasteiger partial charge in [0.15, 0.2) is 0 Å². The highest BCUT2D eigenvalue weighted by Crippen LogP contribution is 2.22. The molecule has 8 heteroatoms. The van der Waals surface area contributed by atoms with E-state index >= 15 is 0 Å². The molecule has 0 saturated carbocycles. The van der Waals surface area contributed by atoms with Crippen molar-refractivity contribution in [3.63, 3.8) is 0 Å². The van der Waals surface area contributed by atoms with E-state index in [-0.39, 0.29) is 18.0 Å². The number of hydrogen-bond acceptors (Lipinski definition) is 5. The molecule has 23 heavy (non-hydrogen) atoms. The van der Waals surface area contributed by atoms with E-state index in [9.17, 15) is 9.59 Å². The molecule has 0 aliphatic carbocycles. The van der Waals surface area contributed by atoms with Crippen LogP contribution in [0.25, 0.3) is 0 Å². The summed E-state index contributed by atoms with van der Waals surface area (Å²) >= 11 is 1.33. The van der Waals surface area contributed by atoms with E-state index in [2.05, 4.69) is 20.9 Å². The predicted octanol–water partition coefficient (Wildman–Crippen LogP) is 2.38. The van der Waals surface area contributed by atoms with Crippen molar-refractivity contribution in [1.82, 2.24) is 10.3 Å². The Balaban J connectivity index is 2.10. The summed E-state index contributed by atoms with van der Waals surface area (Å²) in [5.41, 5.74) is 6.81. The second-order valence-electron chi connectivity index (χ2n) is 5.08. The number of rotatable bonds is 5. The van der Waals surface area contributed by atoms with Crippen LogP contribution in [-0.2, 0) is 6.54 Å². The van der Waals surface area contributed by atoms with E-state index in [0.717, 1.165) is 0 Å². The zero-order valence-corrected chi connectivity index (χ0v) is 13.7. The van der Waals surface area contributed by atoms with E-state index in [0.29, 0.717) is 28.6 Å². The highest BCUT2D eigenvalue weighted by Gasteiger charge is 2.13. The smallest absolute Gasteiger partial charge is 0.319 e. The maximum absolute atomic E-state index is 12.2. The van der Waals surface area contributed by atoms with Crippen LogP contribution in [0.4, 0.5) is 16.2 Å². The monoisotopic (exact) mass is 333 g/mol. The number of nitrogens with two attached hydrogens (primary N) is 1. The summed E-state index contributed by atoms with van der Waals surface area (Å²) in [6.07, 6.45) is 0. The third-order valence-corrected chi connectivity index (χ3v) is 3.67. The summed E-state index contributed by atoms with van der Waals surface area (Å²) in [5, 5.41) is 10.5. The topological polar surface area (TPSA) is 109 Å². The lowest BCUT2D eigenvalue weighted by atomic mass is 10.2. The van der Waals surface area contributed by atoms with Crippen LogP contribution in [0.2, 0.25) is 0 Å². The molecule has 2 aromatic rings. The van der Waals surface area contributed by atoms with Crippen LogP contribution in [0.5, 0.6) is 0 Å². The molecule has 0 aliphatic heterocycles. The average molecular weight is 333 g/mol. The number of anilines is 2. The van der Waals surface area contributed by atoms with Gasteiger partial charge in [-0.2, -0.15) is 0 Å². The molecule has 0 unspecified atom stereocenters. The first kappa shape index (κ1) is 16.9. The molecule has 5 N–H and O–H groups in total. The van der Waals surface area contributed by atoms with Gasteiger partial charge in [-0.15, -0.1) is 11.3 Å². The van der Waals surface area contributed by atoms with Crippen LogP contribution >= 0.6 is 11.3 Å². The molecular weight excluding hydrogens is 314 g/mol. The van der Waals surface area contributed by atoms with Gasteiger partial charge < -0.3 is 21.7 Å². The summed E-state index contributed by atoms with van der Waals surface area (Å²) < 4.78 is 0. The summed E-state index contributed by atoms with van der Waals surface area (Å²) in [4.78, 5) is 28.2.